The lowest BCUT2D eigenvalue weighted by molar-refractivity contribution is -0.137. The van der Waals surface area contributed by atoms with Crippen LogP contribution in [-0.2, 0) is 12.7 Å². The molecular weight excluding hydrogens is 483 g/mol. The third-order valence-electron chi connectivity index (χ3n) is 7.13. The maximum Gasteiger partial charge on any atom is 0.416 e. The Bertz CT molecular complexity index is 1540. The maximum absolute atomic E-state index is 13.4. The summed E-state index contributed by atoms with van der Waals surface area (Å²) in [7, 11) is 0. The molecule has 1 saturated heterocycles. The van der Waals surface area contributed by atoms with Crippen molar-refractivity contribution in [2.75, 3.05) is 37.6 Å². The van der Waals surface area contributed by atoms with E-state index in [1.54, 1.807) is 6.07 Å². The number of H-pyrrole nitrogens is 1. The number of piperazine rings is 1. The molecule has 1 aliphatic rings. The van der Waals surface area contributed by atoms with Gasteiger partial charge in [-0.05, 0) is 44.2 Å². The van der Waals surface area contributed by atoms with Gasteiger partial charge in [-0.15, -0.1) is 0 Å². The van der Waals surface area contributed by atoms with Crippen molar-refractivity contribution in [1.29, 1.82) is 0 Å². The van der Waals surface area contributed by atoms with Crippen molar-refractivity contribution in [3.05, 3.63) is 92.3 Å². The van der Waals surface area contributed by atoms with Crippen molar-refractivity contribution in [3.63, 3.8) is 0 Å². The zero-order valence-electron chi connectivity index (χ0n) is 20.7. The van der Waals surface area contributed by atoms with E-state index in [-0.39, 0.29) is 11.1 Å². The Morgan fingerprint density at radius 3 is 2.14 bits per heavy atom. The fourth-order valence-electron chi connectivity index (χ4n) is 5.21. The number of nitrogens with one attached hydrogen (secondary N) is 1. The summed E-state index contributed by atoms with van der Waals surface area (Å²) in [5.74, 6) is 0. The lowest BCUT2D eigenvalue weighted by Gasteiger charge is -2.36. The number of aryl methyl sites for hydroxylation is 2. The lowest BCUT2D eigenvalue weighted by atomic mass is 10.1. The molecule has 0 saturated carbocycles. The minimum atomic E-state index is -4.37. The first kappa shape index (κ1) is 24.9. The van der Waals surface area contributed by atoms with Crippen LogP contribution >= 0.6 is 0 Å². The van der Waals surface area contributed by atoms with E-state index in [0.717, 1.165) is 23.1 Å². The highest BCUT2D eigenvalue weighted by Gasteiger charge is 2.31. The summed E-state index contributed by atoms with van der Waals surface area (Å²) in [4.78, 5) is 30.5. The molecule has 1 N–H and O–H groups in total. The fourth-order valence-corrected chi connectivity index (χ4v) is 5.21. The van der Waals surface area contributed by atoms with Gasteiger partial charge < -0.3 is 9.47 Å². The Morgan fingerprint density at radius 1 is 0.811 bits per heavy atom. The zero-order valence-corrected chi connectivity index (χ0v) is 20.7. The van der Waals surface area contributed by atoms with Gasteiger partial charge in [0.05, 0.1) is 22.9 Å². The smallest absolute Gasteiger partial charge is 0.369 e. The van der Waals surface area contributed by atoms with Crippen LogP contribution in [0.25, 0.3) is 16.5 Å². The van der Waals surface area contributed by atoms with Crippen LogP contribution in [0.4, 0.5) is 18.9 Å². The largest absolute Gasteiger partial charge is 0.416 e. The molecule has 37 heavy (non-hydrogen) atoms. The molecule has 0 unspecified atom stereocenters. The molecule has 0 spiro atoms. The van der Waals surface area contributed by atoms with Crippen LogP contribution in [-0.4, -0.2) is 52.0 Å². The van der Waals surface area contributed by atoms with Crippen LogP contribution in [0.3, 0.4) is 0 Å². The molecule has 0 amide bonds. The van der Waals surface area contributed by atoms with E-state index in [1.807, 2.05) is 53.6 Å². The number of nitrogens with zero attached hydrogens (tertiary/aromatic N) is 4. The van der Waals surface area contributed by atoms with Crippen molar-refractivity contribution in [2.45, 2.75) is 26.6 Å². The van der Waals surface area contributed by atoms with Crippen LogP contribution in [0.1, 0.15) is 17.0 Å². The van der Waals surface area contributed by atoms with Gasteiger partial charge in [-0.2, -0.15) is 13.2 Å². The molecule has 5 rings (SSSR count). The molecule has 4 aromatic rings. The molecule has 1 fully saturated rings. The highest BCUT2D eigenvalue weighted by molar-refractivity contribution is 5.87. The number of para-hydroxylation sites is 1. The third-order valence-corrected chi connectivity index (χ3v) is 7.13. The van der Waals surface area contributed by atoms with Gasteiger partial charge in [-0.1, -0.05) is 24.3 Å². The van der Waals surface area contributed by atoms with Crippen molar-refractivity contribution in [1.82, 2.24) is 19.2 Å². The minimum Gasteiger partial charge on any atom is -0.369 e. The molecule has 3 heterocycles. The van der Waals surface area contributed by atoms with Crippen molar-refractivity contribution in [3.8, 4) is 5.69 Å². The number of hydrogen-bond acceptors (Lipinski definition) is 4. The minimum absolute atomic E-state index is 0.243. The Kier molecular flexibility index (Phi) is 6.45. The lowest BCUT2D eigenvalue weighted by Crippen LogP contribution is -2.48. The second-order valence-corrected chi connectivity index (χ2v) is 9.37. The topological polar surface area (TPSA) is 66.3 Å². The molecule has 1 aliphatic heterocycles. The molecule has 2 aromatic heterocycles. The third kappa shape index (κ3) is 4.69. The van der Waals surface area contributed by atoms with E-state index in [9.17, 15) is 22.8 Å². The Hall–Kier alpha value is -3.79. The highest BCUT2D eigenvalue weighted by Crippen LogP contribution is 2.32. The Labute approximate surface area is 211 Å². The van der Waals surface area contributed by atoms with E-state index < -0.39 is 11.7 Å². The Morgan fingerprint density at radius 2 is 1.46 bits per heavy atom. The zero-order chi connectivity index (χ0) is 26.3. The number of alkyl halides is 3. The molecule has 0 bridgehead atoms. The first-order chi connectivity index (χ1) is 17.6. The van der Waals surface area contributed by atoms with Crippen LogP contribution in [0, 0.1) is 13.8 Å². The number of benzene rings is 2. The van der Waals surface area contributed by atoms with Gasteiger partial charge in [0.2, 0.25) is 0 Å². The van der Waals surface area contributed by atoms with E-state index in [4.69, 9.17) is 0 Å². The van der Waals surface area contributed by atoms with Crippen LogP contribution in [0.2, 0.25) is 0 Å². The second kappa shape index (κ2) is 9.59. The maximum atomic E-state index is 13.4. The number of aromatic nitrogens is 3. The van der Waals surface area contributed by atoms with Crippen molar-refractivity contribution < 1.29 is 13.2 Å². The summed E-state index contributed by atoms with van der Waals surface area (Å²) in [5, 5.41) is 3.55. The normalized spacial score (nSPS) is 15.0. The molecule has 10 heteroatoms. The number of aromatic amines is 1. The summed E-state index contributed by atoms with van der Waals surface area (Å²) in [6, 6.07) is 15.0. The SMILES string of the molecule is Cc1c2c(=O)[nH]n(CCN3CCN(c4cccc(C(F)(F)F)c4)CC3)c(=O)c2c(C)n1-c1ccccc1. The average Bonchev–Trinajstić information content (AvgIpc) is 3.16. The summed E-state index contributed by atoms with van der Waals surface area (Å²) in [6.07, 6.45) is -4.37. The van der Waals surface area contributed by atoms with E-state index in [0.29, 0.717) is 55.7 Å². The molecular formula is C27H28F3N5O2. The van der Waals surface area contributed by atoms with Crippen LogP contribution in [0.15, 0.2) is 64.2 Å². The molecule has 2 aromatic carbocycles. The van der Waals surface area contributed by atoms with E-state index in [1.165, 1.54) is 16.8 Å². The van der Waals surface area contributed by atoms with Crippen LogP contribution in [0.5, 0.6) is 0 Å². The summed E-state index contributed by atoms with van der Waals surface area (Å²) in [6.45, 7) is 6.96. The van der Waals surface area contributed by atoms with Crippen molar-refractivity contribution in [2.24, 2.45) is 0 Å². The summed E-state index contributed by atoms with van der Waals surface area (Å²) >= 11 is 0. The van der Waals surface area contributed by atoms with Gasteiger partial charge in [-0.25, -0.2) is 4.68 Å². The summed E-state index contributed by atoms with van der Waals surface area (Å²) in [5.41, 5.74) is 1.67. The Balaban J connectivity index is 1.31. The number of halogens is 3. The predicted molar refractivity (Wildman–Crippen MR) is 138 cm³/mol. The second-order valence-electron chi connectivity index (χ2n) is 9.37. The van der Waals surface area contributed by atoms with Gasteiger partial charge in [0.1, 0.15) is 0 Å². The number of hydrogen-bond donors (Lipinski definition) is 1. The predicted octanol–water partition coefficient (Wildman–Crippen LogP) is 3.94. The fraction of sp³-hybridized carbons (Fsp3) is 0.333. The molecule has 0 aliphatic carbocycles. The highest BCUT2D eigenvalue weighted by atomic mass is 19.4. The standard InChI is InChI=1S/C27H28F3N5O2/c1-18-23-24(19(2)35(18)21-8-4-3-5-9-21)26(37)34(31-25(23)36)16-13-32-11-14-33(15-12-32)22-10-6-7-20(17-22)27(28,29)30/h3-10,17H,11-16H2,1-2H3,(H,31,36). The van der Waals surface area contributed by atoms with E-state index >= 15 is 0 Å². The summed E-state index contributed by atoms with van der Waals surface area (Å²) < 4.78 is 42.5. The first-order valence-corrected chi connectivity index (χ1v) is 12.2. The van der Waals surface area contributed by atoms with Crippen LogP contribution < -0.4 is 16.0 Å². The molecule has 194 valence electrons. The number of fused-ring (bicyclic) bond motifs is 1. The quantitative estimate of drug-likeness (QED) is 0.441. The van der Waals surface area contributed by atoms with Gasteiger partial charge in [0.15, 0.2) is 0 Å². The van der Waals surface area contributed by atoms with Gasteiger partial charge >= 0.3 is 6.18 Å². The average molecular weight is 512 g/mol. The van der Waals surface area contributed by atoms with Gasteiger partial charge in [0, 0.05) is 55.5 Å². The molecule has 7 nitrogen and oxygen atoms in total. The molecule has 0 atom stereocenters. The number of anilines is 1. The monoisotopic (exact) mass is 511 g/mol. The van der Waals surface area contributed by atoms with Gasteiger partial charge in [0.25, 0.3) is 11.1 Å². The van der Waals surface area contributed by atoms with Crippen molar-refractivity contribution >= 4 is 16.5 Å². The number of rotatable bonds is 5. The molecule has 0 radical (unpaired) electrons. The first-order valence-electron chi connectivity index (χ1n) is 12.2. The van der Waals surface area contributed by atoms with E-state index in [2.05, 4.69) is 10.00 Å². The van der Waals surface area contributed by atoms with Gasteiger partial charge in [-0.3, -0.25) is 19.6 Å².